The number of rotatable bonds is 5. The van der Waals surface area contributed by atoms with E-state index in [1.807, 2.05) is 32.0 Å². The van der Waals surface area contributed by atoms with E-state index in [0.29, 0.717) is 27.8 Å². The molecule has 138 valence electrons. The Bertz CT molecular complexity index is 978. The molecule has 2 heterocycles. The molecule has 1 atom stereocenters. The van der Waals surface area contributed by atoms with Crippen LogP contribution in [0.5, 0.6) is 5.75 Å². The molecule has 0 spiro atoms. The lowest BCUT2D eigenvalue weighted by atomic mass is 10.1. The van der Waals surface area contributed by atoms with Crippen LogP contribution in [0.1, 0.15) is 34.6 Å². The van der Waals surface area contributed by atoms with Gasteiger partial charge in [-0.05, 0) is 38.1 Å². The quantitative estimate of drug-likeness (QED) is 0.682. The van der Waals surface area contributed by atoms with Crippen LogP contribution < -0.4 is 15.8 Å². The van der Waals surface area contributed by atoms with Gasteiger partial charge >= 0.3 is 0 Å². The summed E-state index contributed by atoms with van der Waals surface area (Å²) in [5.74, 6) is 0.841. The van der Waals surface area contributed by atoms with Crippen LogP contribution in [0.15, 0.2) is 54.7 Å². The van der Waals surface area contributed by atoms with Crippen molar-refractivity contribution >= 4 is 29.1 Å². The zero-order valence-corrected chi connectivity index (χ0v) is 15.7. The topological polar surface area (TPSA) is 90.1 Å². The van der Waals surface area contributed by atoms with Crippen molar-refractivity contribution in [3.8, 4) is 5.75 Å². The van der Waals surface area contributed by atoms with Crippen LogP contribution in [-0.2, 0) is 0 Å². The van der Waals surface area contributed by atoms with Gasteiger partial charge in [-0.3, -0.25) is 4.79 Å². The first-order valence-electron chi connectivity index (χ1n) is 8.35. The Kier molecular flexibility index (Phi) is 5.57. The second kappa shape index (κ2) is 8.05. The number of aromatic nitrogens is 2. The molecule has 3 N–H and O–H groups in total. The summed E-state index contributed by atoms with van der Waals surface area (Å²) in [7, 11) is 0. The number of benzene rings is 1. The number of pyridine rings is 2. The van der Waals surface area contributed by atoms with Crippen LogP contribution >= 0.6 is 11.6 Å². The van der Waals surface area contributed by atoms with Crippen LogP contribution in [0.4, 0.5) is 11.6 Å². The number of nitrogens with one attached hydrogen (secondary N) is 1. The van der Waals surface area contributed by atoms with E-state index in [0.717, 1.165) is 5.56 Å². The molecule has 1 aromatic carbocycles. The average molecular weight is 383 g/mol. The summed E-state index contributed by atoms with van der Waals surface area (Å²) in [6.07, 6.45) is 1.04. The van der Waals surface area contributed by atoms with Crippen LogP contribution in [-0.4, -0.2) is 15.9 Å². The van der Waals surface area contributed by atoms with E-state index in [2.05, 4.69) is 15.3 Å². The summed E-state index contributed by atoms with van der Waals surface area (Å²) < 4.78 is 5.83. The first-order chi connectivity index (χ1) is 12.9. The van der Waals surface area contributed by atoms with Crippen molar-refractivity contribution in [2.75, 3.05) is 11.1 Å². The van der Waals surface area contributed by atoms with Gasteiger partial charge in [0, 0.05) is 17.8 Å². The van der Waals surface area contributed by atoms with Gasteiger partial charge in [0.05, 0.1) is 10.7 Å². The molecule has 3 rings (SSSR count). The number of hydrogen-bond acceptors (Lipinski definition) is 5. The van der Waals surface area contributed by atoms with Crippen LogP contribution in [0.3, 0.4) is 0 Å². The summed E-state index contributed by atoms with van der Waals surface area (Å²) in [4.78, 5) is 20.8. The van der Waals surface area contributed by atoms with Gasteiger partial charge in [-0.2, -0.15) is 0 Å². The van der Waals surface area contributed by atoms with Crippen LogP contribution in [0.2, 0.25) is 5.02 Å². The van der Waals surface area contributed by atoms with Crippen molar-refractivity contribution in [3.63, 3.8) is 0 Å². The fraction of sp³-hybridized carbons (Fsp3) is 0.150. The number of carbonyl (C=O) groups excluding carboxylic acids is 1. The second-order valence-corrected chi connectivity index (χ2v) is 6.50. The molecule has 6 nitrogen and oxygen atoms in total. The molecule has 0 aliphatic carbocycles. The standard InChI is InChI=1S/C20H19ClN4O2/c1-12-5-3-6-14(9-12)20(26)25-18-8-4-7-16(24-18)13(2)27-17-10-15(21)11-23-19(17)22/h3-11,13H,1-2H3,(H2,22,23)(H,24,25,26)/t13-/m1/s1. The molecule has 0 aliphatic rings. The zero-order valence-electron chi connectivity index (χ0n) is 14.9. The van der Waals surface area contributed by atoms with E-state index < -0.39 is 6.10 Å². The Morgan fingerprint density at radius 3 is 2.78 bits per heavy atom. The highest BCUT2D eigenvalue weighted by Gasteiger charge is 2.14. The zero-order chi connectivity index (χ0) is 19.4. The van der Waals surface area contributed by atoms with Gasteiger partial charge in [0.2, 0.25) is 0 Å². The normalized spacial score (nSPS) is 11.7. The maximum absolute atomic E-state index is 12.4. The molecule has 7 heteroatoms. The van der Waals surface area contributed by atoms with Gasteiger partial charge in [0.25, 0.3) is 5.91 Å². The molecular weight excluding hydrogens is 364 g/mol. The van der Waals surface area contributed by atoms with Gasteiger partial charge in [-0.15, -0.1) is 0 Å². The van der Waals surface area contributed by atoms with Crippen molar-refractivity contribution in [1.29, 1.82) is 0 Å². The summed E-state index contributed by atoms with van der Waals surface area (Å²) in [5.41, 5.74) is 8.04. The van der Waals surface area contributed by atoms with Crippen molar-refractivity contribution in [2.24, 2.45) is 0 Å². The Labute approximate surface area is 162 Å². The molecule has 0 aliphatic heterocycles. The number of anilines is 2. The lowest BCUT2D eigenvalue weighted by Gasteiger charge is -2.16. The van der Waals surface area contributed by atoms with E-state index in [9.17, 15) is 4.79 Å². The number of hydrogen-bond donors (Lipinski definition) is 2. The number of ether oxygens (including phenoxy) is 1. The molecule has 0 radical (unpaired) electrons. The van der Waals surface area contributed by atoms with Gasteiger partial charge in [-0.25, -0.2) is 9.97 Å². The van der Waals surface area contributed by atoms with E-state index in [4.69, 9.17) is 22.1 Å². The number of aryl methyl sites for hydroxylation is 1. The SMILES string of the molecule is Cc1cccc(C(=O)Nc2cccc([C@@H](C)Oc3cc(Cl)cnc3N)n2)c1. The molecule has 27 heavy (non-hydrogen) atoms. The molecule has 1 amide bonds. The number of nitrogens with zero attached hydrogens (tertiary/aromatic N) is 2. The van der Waals surface area contributed by atoms with Gasteiger partial charge in [0.15, 0.2) is 11.6 Å². The molecule has 0 bridgehead atoms. The second-order valence-electron chi connectivity index (χ2n) is 6.07. The third-order valence-corrected chi connectivity index (χ3v) is 4.07. The average Bonchev–Trinajstić information content (AvgIpc) is 2.65. The lowest BCUT2D eigenvalue weighted by molar-refractivity contribution is 0.102. The van der Waals surface area contributed by atoms with Gasteiger partial charge in [-0.1, -0.05) is 35.4 Å². The maximum Gasteiger partial charge on any atom is 0.256 e. The minimum atomic E-state index is -0.414. The van der Waals surface area contributed by atoms with Crippen molar-refractivity contribution in [1.82, 2.24) is 9.97 Å². The first kappa shape index (κ1) is 18.7. The summed E-state index contributed by atoms with van der Waals surface area (Å²) in [6.45, 7) is 3.76. The first-order valence-corrected chi connectivity index (χ1v) is 8.73. The van der Waals surface area contributed by atoms with E-state index in [-0.39, 0.29) is 11.7 Å². The minimum Gasteiger partial charge on any atom is -0.480 e. The highest BCUT2D eigenvalue weighted by atomic mass is 35.5. The number of halogens is 1. The molecule has 0 fully saturated rings. The van der Waals surface area contributed by atoms with Gasteiger partial charge < -0.3 is 15.8 Å². The minimum absolute atomic E-state index is 0.222. The van der Waals surface area contributed by atoms with E-state index >= 15 is 0 Å². The Hall–Kier alpha value is -3.12. The number of nitrogen functional groups attached to an aromatic ring is 1. The fourth-order valence-corrected chi connectivity index (χ4v) is 2.65. The molecule has 0 saturated heterocycles. The van der Waals surface area contributed by atoms with E-state index in [1.54, 1.807) is 30.3 Å². The Morgan fingerprint density at radius 2 is 2.00 bits per heavy atom. The molecule has 0 saturated carbocycles. The highest BCUT2D eigenvalue weighted by molar-refractivity contribution is 6.30. The summed E-state index contributed by atoms with van der Waals surface area (Å²) >= 11 is 5.94. The number of nitrogens with two attached hydrogens (primary N) is 1. The predicted molar refractivity (Wildman–Crippen MR) is 106 cm³/mol. The number of amides is 1. The van der Waals surface area contributed by atoms with Gasteiger partial charge in [0.1, 0.15) is 11.9 Å². The van der Waals surface area contributed by atoms with Crippen LogP contribution in [0, 0.1) is 6.92 Å². The predicted octanol–water partition coefficient (Wildman–Crippen LogP) is 4.41. The summed E-state index contributed by atoms with van der Waals surface area (Å²) in [6, 6.07) is 14.3. The lowest BCUT2D eigenvalue weighted by Crippen LogP contribution is -2.14. The Balaban J connectivity index is 1.74. The van der Waals surface area contributed by atoms with Crippen molar-refractivity contribution < 1.29 is 9.53 Å². The van der Waals surface area contributed by atoms with E-state index in [1.165, 1.54) is 6.20 Å². The third kappa shape index (κ3) is 4.74. The molecule has 3 aromatic rings. The van der Waals surface area contributed by atoms with Crippen LogP contribution in [0.25, 0.3) is 0 Å². The summed E-state index contributed by atoms with van der Waals surface area (Å²) in [5, 5.41) is 3.23. The smallest absolute Gasteiger partial charge is 0.256 e. The molecule has 2 aromatic heterocycles. The highest BCUT2D eigenvalue weighted by Crippen LogP contribution is 2.28. The number of carbonyl (C=O) groups is 1. The third-order valence-electron chi connectivity index (χ3n) is 3.86. The monoisotopic (exact) mass is 382 g/mol. The Morgan fingerprint density at radius 1 is 1.22 bits per heavy atom. The molecule has 0 unspecified atom stereocenters. The fourth-order valence-electron chi connectivity index (χ4n) is 2.50. The van der Waals surface area contributed by atoms with Crippen molar-refractivity contribution in [2.45, 2.75) is 20.0 Å². The largest absolute Gasteiger partial charge is 0.480 e. The van der Waals surface area contributed by atoms with Crippen molar-refractivity contribution in [3.05, 3.63) is 76.6 Å². The maximum atomic E-state index is 12.4. The molecular formula is C20H19ClN4O2.